The monoisotopic (exact) mass is 332 g/mol. The van der Waals surface area contributed by atoms with Crippen molar-refractivity contribution in [1.29, 1.82) is 0 Å². The third-order valence-corrected chi connectivity index (χ3v) is 6.55. The van der Waals surface area contributed by atoms with Gasteiger partial charge in [-0.2, -0.15) is 0 Å². The van der Waals surface area contributed by atoms with Gasteiger partial charge in [-0.05, 0) is 45.1 Å². The lowest BCUT2D eigenvalue weighted by atomic mass is 9.79. The molecule has 1 aliphatic carbocycles. The highest BCUT2D eigenvalue weighted by atomic mass is 32.2. The number of rotatable bonds is 5. The average Bonchev–Trinajstić information content (AvgIpc) is 2.72. The Balaban J connectivity index is 1.74. The molecule has 1 aliphatic heterocycles. The zero-order valence-electron chi connectivity index (χ0n) is 13.5. The molecule has 128 valence electrons. The minimum atomic E-state index is -2.98. The summed E-state index contributed by atoms with van der Waals surface area (Å²) in [6.07, 6.45) is 4.11. The third-order valence-electron chi connectivity index (χ3n) is 4.78. The number of nitrogens with zero attached hydrogens (tertiary/aromatic N) is 1. The molecule has 2 aliphatic rings. The van der Waals surface area contributed by atoms with Gasteiger partial charge in [-0.25, -0.2) is 8.42 Å². The van der Waals surface area contributed by atoms with E-state index in [-0.39, 0.29) is 30.0 Å². The molecule has 1 amide bonds. The van der Waals surface area contributed by atoms with Crippen molar-refractivity contribution in [3.05, 3.63) is 0 Å². The standard InChI is InChI=1S/C15H28N2O4S/c1-12-3-6-15(19,7-4-12)11-17(2)9-14(18)16-13-5-8-22(20,21)10-13/h12-13,19H,3-11H2,1-2H3,(H,16,18). The van der Waals surface area contributed by atoms with Crippen LogP contribution in [0.15, 0.2) is 0 Å². The van der Waals surface area contributed by atoms with Crippen molar-refractivity contribution in [3.8, 4) is 0 Å². The number of nitrogens with one attached hydrogen (secondary N) is 1. The molecule has 0 bridgehead atoms. The number of likely N-dealkylation sites (N-methyl/N-ethyl adjacent to an activating group) is 1. The molecule has 2 rings (SSSR count). The van der Waals surface area contributed by atoms with Crippen LogP contribution in [-0.2, 0) is 14.6 Å². The highest BCUT2D eigenvalue weighted by Gasteiger charge is 2.33. The topological polar surface area (TPSA) is 86.7 Å². The molecule has 0 aromatic rings. The molecule has 0 spiro atoms. The molecule has 1 saturated heterocycles. The Morgan fingerprint density at radius 2 is 1.95 bits per heavy atom. The van der Waals surface area contributed by atoms with E-state index < -0.39 is 15.4 Å². The first-order chi connectivity index (χ1) is 10.2. The smallest absolute Gasteiger partial charge is 0.234 e. The van der Waals surface area contributed by atoms with E-state index in [4.69, 9.17) is 0 Å². The second-order valence-electron chi connectivity index (χ2n) is 7.25. The van der Waals surface area contributed by atoms with Crippen LogP contribution in [0.3, 0.4) is 0 Å². The van der Waals surface area contributed by atoms with Crippen molar-refractivity contribution < 1.29 is 18.3 Å². The summed E-state index contributed by atoms with van der Waals surface area (Å²) in [6.45, 7) is 2.87. The Kier molecular flexibility index (Phi) is 5.50. The third kappa shape index (κ3) is 5.21. The Bertz CT molecular complexity index is 498. The molecule has 1 saturated carbocycles. The van der Waals surface area contributed by atoms with E-state index in [1.165, 1.54) is 0 Å². The lowest BCUT2D eigenvalue weighted by molar-refractivity contribution is -0.123. The van der Waals surface area contributed by atoms with Crippen LogP contribution in [-0.4, -0.2) is 67.6 Å². The van der Waals surface area contributed by atoms with E-state index in [0.717, 1.165) is 25.7 Å². The fourth-order valence-electron chi connectivity index (χ4n) is 3.44. The van der Waals surface area contributed by atoms with E-state index >= 15 is 0 Å². The molecule has 1 atom stereocenters. The first kappa shape index (κ1) is 17.7. The number of aliphatic hydroxyl groups is 1. The second-order valence-corrected chi connectivity index (χ2v) is 9.48. The van der Waals surface area contributed by atoms with Crippen LogP contribution in [0.5, 0.6) is 0 Å². The minimum absolute atomic E-state index is 0.0459. The molecule has 7 heteroatoms. The summed E-state index contributed by atoms with van der Waals surface area (Å²) in [4.78, 5) is 13.8. The van der Waals surface area contributed by atoms with Gasteiger partial charge in [0.1, 0.15) is 0 Å². The van der Waals surface area contributed by atoms with Crippen molar-refractivity contribution in [2.24, 2.45) is 5.92 Å². The molecule has 0 radical (unpaired) electrons. The largest absolute Gasteiger partial charge is 0.389 e. The quantitative estimate of drug-likeness (QED) is 0.749. The fourth-order valence-corrected chi connectivity index (χ4v) is 5.12. The molecular formula is C15H28N2O4S. The van der Waals surface area contributed by atoms with E-state index in [9.17, 15) is 18.3 Å². The molecule has 0 aromatic heterocycles. The van der Waals surface area contributed by atoms with Crippen LogP contribution in [0.4, 0.5) is 0 Å². The summed E-state index contributed by atoms with van der Waals surface area (Å²) in [5.41, 5.74) is -0.696. The zero-order chi connectivity index (χ0) is 16.4. The van der Waals surface area contributed by atoms with E-state index in [1.807, 2.05) is 11.9 Å². The molecule has 22 heavy (non-hydrogen) atoms. The van der Waals surface area contributed by atoms with Crippen molar-refractivity contribution in [1.82, 2.24) is 10.2 Å². The highest BCUT2D eigenvalue weighted by Crippen LogP contribution is 2.32. The molecular weight excluding hydrogens is 304 g/mol. The van der Waals surface area contributed by atoms with Crippen LogP contribution in [0.2, 0.25) is 0 Å². The van der Waals surface area contributed by atoms with E-state index in [1.54, 1.807) is 0 Å². The lowest BCUT2D eigenvalue weighted by Crippen LogP contribution is -2.48. The summed E-state index contributed by atoms with van der Waals surface area (Å²) >= 11 is 0. The van der Waals surface area contributed by atoms with Gasteiger partial charge in [0.25, 0.3) is 0 Å². The summed E-state index contributed by atoms with van der Waals surface area (Å²) in [7, 11) is -1.16. The number of carbonyl (C=O) groups excluding carboxylic acids is 1. The maximum absolute atomic E-state index is 12.0. The van der Waals surface area contributed by atoms with E-state index in [2.05, 4.69) is 12.2 Å². The van der Waals surface area contributed by atoms with Crippen molar-refractivity contribution in [3.63, 3.8) is 0 Å². The van der Waals surface area contributed by atoms with Crippen molar-refractivity contribution in [2.45, 2.75) is 50.7 Å². The first-order valence-electron chi connectivity index (χ1n) is 8.08. The van der Waals surface area contributed by atoms with Crippen LogP contribution < -0.4 is 5.32 Å². The summed E-state index contributed by atoms with van der Waals surface area (Å²) in [5, 5.41) is 13.4. The summed E-state index contributed by atoms with van der Waals surface area (Å²) < 4.78 is 22.8. The molecule has 1 unspecified atom stereocenters. The fraction of sp³-hybridized carbons (Fsp3) is 0.933. The predicted octanol–water partition coefficient (Wildman–Crippen LogP) is 0.163. The molecule has 6 nitrogen and oxygen atoms in total. The normalized spacial score (nSPS) is 34.7. The molecule has 2 N–H and O–H groups in total. The van der Waals surface area contributed by atoms with Gasteiger partial charge in [-0.3, -0.25) is 9.69 Å². The van der Waals surface area contributed by atoms with Gasteiger partial charge in [0, 0.05) is 12.6 Å². The van der Waals surface area contributed by atoms with Crippen LogP contribution in [0, 0.1) is 5.92 Å². The van der Waals surface area contributed by atoms with Gasteiger partial charge in [-0.1, -0.05) is 6.92 Å². The SMILES string of the molecule is CC1CCC(O)(CN(C)CC(=O)NC2CCS(=O)(=O)C2)CC1. The Morgan fingerprint density at radius 3 is 2.50 bits per heavy atom. The second kappa shape index (κ2) is 6.84. The van der Waals surface area contributed by atoms with Gasteiger partial charge in [-0.15, -0.1) is 0 Å². The van der Waals surface area contributed by atoms with Crippen LogP contribution in [0.25, 0.3) is 0 Å². The molecule has 2 fully saturated rings. The number of carbonyl (C=O) groups is 1. The van der Waals surface area contributed by atoms with E-state index in [0.29, 0.717) is 18.9 Å². The lowest BCUT2D eigenvalue weighted by Gasteiger charge is -2.37. The number of amides is 1. The highest BCUT2D eigenvalue weighted by molar-refractivity contribution is 7.91. The molecule has 1 heterocycles. The van der Waals surface area contributed by atoms with Crippen LogP contribution in [0.1, 0.15) is 39.0 Å². The van der Waals surface area contributed by atoms with Crippen molar-refractivity contribution >= 4 is 15.7 Å². The van der Waals surface area contributed by atoms with Gasteiger partial charge in [0.05, 0.1) is 23.7 Å². The van der Waals surface area contributed by atoms with Gasteiger partial charge in [0.2, 0.25) is 5.91 Å². The Hall–Kier alpha value is -0.660. The predicted molar refractivity (Wildman–Crippen MR) is 85.3 cm³/mol. The van der Waals surface area contributed by atoms with Crippen molar-refractivity contribution in [2.75, 3.05) is 31.6 Å². The number of sulfone groups is 1. The maximum Gasteiger partial charge on any atom is 0.234 e. The molecule has 0 aromatic carbocycles. The van der Waals surface area contributed by atoms with Crippen LogP contribution >= 0.6 is 0 Å². The van der Waals surface area contributed by atoms with Gasteiger partial charge in [0.15, 0.2) is 9.84 Å². The number of hydrogen-bond acceptors (Lipinski definition) is 5. The van der Waals surface area contributed by atoms with Gasteiger partial charge < -0.3 is 10.4 Å². The van der Waals surface area contributed by atoms with Gasteiger partial charge >= 0.3 is 0 Å². The summed E-state index contributed by atoms with van der Waals surface area (Å²) in [6, 6.07) is -0.260. The number of hydrogen-bond donors (Lipinski definition) is 2. The zero-order valence-corrected chi connectivity index (χ0v) is 14.4. The Morgan fingerprint density at radius 1 is 1.32 bits per heavy atom. The average molecular weight is 332 g/mol. The maximum atomic E-state index is 12.0. The summed E-state index contributed by atoms with van der Waals surface area (Å²) in [5.74, 6) is 0.700. The first-order valence-corrected chi connectivity index (χ1v) is 9.90. The minimum Gasteiger partial charge on any atom is -0.389 e. The Labute approximate surface area is 133 Å².